The van der Waals surface area contributed by atoms with E-state index in [1.165, 1.54) is 11.3 Å². The van der Waals surface area contributed by atoms with E-state index >= 15 is 0 Å². The van der Waals surface area contributed by atoms with Crippen molar-refractivity contribution in [2.75, 3.05) is 10.2 Å². The first kappa shape index (κ1) is 23.7. The van der Waals surface area contributed by atoms with Crippen molar-refractivity contribution in [3.05, 3.63) is 118 Å². The number of Topliss-reactive ketones (excluding diaryl/α,β-unsaturated/α-hetero) is 2. The SMILES string of the molecule is CC1=C[C@H]2N(c3ccc(C)cc31)[C@H](C(=O)c1cccs1)[C@@H](C(=O)c1ccccn1)[C@]21C(=O)Nc2ccccc21. The third kappa shape index (κ3) is 3.20. The minimum Gasteiger partial charge on any atom is -0.352 e. The lowest BCUT2D eigenvalue weighted by molar-refractivity contribution is -0.121. The maximum absolute atomic E-state index is 14.6. The number of aromatic nitrogens is 1. The van der Waals surface area contributed by atoms with Gasteiger partial charge in [-0.3, -0.25) is 19.4 Å². The Kier molecular flexibility index (Phi) is 5.22. The van der Waals surface area contributed by atoms with Crippen molar-refractivity contribution in [3.63, 3.8) is 0 Å². The second-order valence-electron chi connectivity index (χ2n) is 10.4. The molecule has 5 heterocycles. The Labute approximate surface area is 230 Å². The Balaban J connectivity index is 1.57. The zero-order chi connectivity index (χ0) is 26.9. The van der Waals surface area contributed by atoms with Gasteiger partial charge in [-0.15, -0.1) is 11.3 Å². The first-order chi connectivity index (χ1) is 18.9. The number of benzene rings is 2. The molecule has 0 unspecified atom stereocenters. The predicted octanol–water partition coefficient (Wildman–Crippen LogP) is 5.70. The highest BCUT2D eigenvalue weighted by atomic mass is 32.1. The number of carbonyl (C=O) groups excluding carboxylic acids is 3. The summed E-state index contributed by atoms with van der Waals surface area (Å²) in [5, 5.41) is 4.93. The van der Waals surface area contributed by atoms with Gasteiger partial charge in [-0.1, -0.05) is 48.0 Å². The van der Waals surface area contributed by atoms with E-state index in [0.717, 1.165) is 28.0 Å². The minimum absolute atomic E-state index is 0.169. The number of anilines is 2. The number of nitrogens with zero attached hydrogens (tertiary/aromatic N) is 2. The van der Waals surface area contributed by atoms with Crippen LogP contribution in [-0.2, 0) is 10.2 Å². The lowest BCUT2D eigenvalue weighted by Crippen LogP contribution is -2.51. The monoisotopic (exact) mass is 531 g/mol. The molecule has 192 valence electrons. The molecule has 6 nitrogen and oxygen atoms in total. The van der Waals surface area contributed by atoms with Crippen molar-refractivity contribution in [1.82, 2.24) is 4.98 Å². The summed E-state index contributed by atoms with van der Waals surface area (Å²) >= 11 is 1.35. The molecule has 1 N–H and O–H groups in total. The summed E-state index contributed by atoms with van der Waals surface area (Å²) in [5.74, 6) is -1.76. The maximum atomic E-state index is 14.6. The van der Waals surface area contributed by atoms with Gasteiger partial charge >= 0.3 is 0 Å². The molecule has 2 aromatic heterocycles. The first-order valence-corrected chi connectivity index (χ1v) is 13.8. The molecule has 7 heteroatoms. The highest BCUT2D eigenvalue weighted by molar-refractivity contribution is 7.12. The number of para-hydroxylation sites is 1. The molecule has 4 atom stereocenters. The van der Waals surface area contributed by atoms with Crippen LogP contribution in [0.5, 0.6) is 0 Å². The highest BCUT2D eigenvalue weighted by Crippen LogP contribution is 2.58. The van der Waals surface area contributed by atoms with Crippen LogP contribution in [0.1, 0.15) is 43.8 Å². The third-order valence-electron chi connectivity index (χ3n) is 8.36. The smallest absolute Gasteiger partial charge is 0.238 e. The van der Waals surface area contributed by atoms with Crippen molar-refractivity contribution >= 4 is 45.8 Å². The predicted molar refractivity (Wildman–Crippen MR) is 152 cm³/mol. The van der Waals surface area contributed by atoms with Gasteiger partial charge in [0.2, 0.25) is 5.91 Å². The fraction of sp³-hybridized carbons (Fsp3) is 0.188. The van der Waals surface area contributed by atoms with Gasteiger partial charge in [-0.05, 0) is 66.8 Å². The van der Waals surface area contributed by atoms with Crippen LogP contribution in [0.15, 0.2) is 90.4 Å². The van der Waals surface area contributed by atoms with Gasteiger partial charge in [0.25, 0.3) is 0 Å². The van der Waals surface area contributed by atoms with Crippen molar-refractivity contribution in [3.8, 4) is 0 Å². The molecule has 0 bridgehead atoms. The van der Waals surface area contributed by atoms with Gasteiger partial charge in [0.05, 0.1) is 16.8 Å². The molecule has 1 amide bonds. The van der Waals surface area contributed by atoms with E-state index in [9.17, 15) is 14.4 Å². The maximum Gasteiger partial charge on any atom is 0.238 e. The molecular weight excluding hydrogens is 506 g/mol. The van der Waals surface area contributed by atoms with Gasteiger partial charge in [-0.25, -0.2) is 0 Å². The zero-order valence-electron chi connectivity index (χ0n) is 21.4. The molecule has 1 fully saturated rings. The summed E-state index contributed by atoms with van der Waals surface area (Å²) in [4.78, 5) is 50.4. The Hall–Kier alpha value is -4.36. The molecule has 7 rings (SSSR count). The number of aryl methyl sites for hydroxylation is 1. The van der Waals surface area contributed by atoms with Crippen LogP contribution in [0, 0.1) is 12.8 Å². The Morgan fingerprint density at radius 3 is 2.56 bits per heavy atom. The number of amides is 1. The first-order valence-electron chi connectivity index (χ1n) is 12.9. The number of pyridine rings is 1. The average molecular weight is 532 g/mol. The minimum atomic E-state index is -1.33. The van der Waals surface area contributed by atoms with Gasteiger partial charge in [-0.2, -0.15) is 0 Å². The van der Waals surface area contributed by atoms with E-state index in [2.05, 4.69) is 22.4 Å². The Morgan fingerprint density at radius 1 is 0.974 bits per heavy atom. The molecule has 1 spiro atoms. The third-order valence-corrected chi connectivity index (χ3v) is 9.25. The molecule has 3 aliphatic heterocycles. The molecule has 39 heavy (non-hydrogen) atoms. The second kappa shape index (κ2) is 8.58. The van der Waals surface area contributed by atoms with E-state index < -0.39 is 23.4 Å². The number of fused-ring (bicyclic) bond motifs is 6. The van der Waals surface area contributed by atoms with Crippen molar-refractivity contribution in [1.29, 1.82) is 0 Å². The lowest BCUT2D eigenvalue weighted by Gasteiger charge is -2.39. The van der Waals surface area contributed by atoms with Crippen LogP contribution in [0.4, 0.5) is 11.4 Å². The summed E-state index contributed by atoms with van der Waals surface area (Å²) < 4.78 is 0. The Morgan fingerprint density at radius 2 is 1.79 bits per heavy atom. The molecule has 0 aliphatic carbocycles. The van der Waals surface area contributed by atoms with Gasteiger partial charge in [0, 0.05) is 23.1 Å². The van der Waals surface area contributed by atoms with E-state index in [1.807, 2.05) is 66.6 Å². The highest BCUT2D eigenvalue weighted by Gasteiger charge is 2.70. The molecule has 0 radical (unpaired) electrons. The van der Waals surface area contributed by atoms with Gasteiger partial charge in [0.15, 0.2) is 11.6 Å². The number of nitrogens with one attached hydrogen (secondary N) is 1. The summed E-state index contributed by atoms with van der Waals surface area (Å²) in [6.45, 7) is 4.07. The quantitative estimate of drug-likeness (QED) is 0.342. The van der Waals surface area contributed by atoms with Crippen LogP contribution in [0.25, 0.3) is 5.57 Å². The second-order valence-corrected chi connectivity index (χ2v) is 11.4. The molecule has 1 saturated heterocycles. The fourth-order valence-electron chi connectivity index (χ4n) is 6.78. The number of thiophene rings is 1. The number of hydrogen-bond acceptors (Lipinski definition) is 6. The summed E-state index contributed by atoms with van der Waals surface area (Å²) in [6, 6.07) is 21.0. The topological polar surface area (TPSA) is 79.4 Å². The van der Waals surface area contributed by atoms with E-state index in [4.69, 9.17) is 0 Å². The number of ketones is 2. The van der Waals surface area contributed by atoms with Crippen LogP contribution in [0.3, 0.4) is 0 Å². The van der Waals surface area contributed by atoms with E-state index in [-0.39, 0.29) is 23.2 Å². The largest absolute Gasteiger partial charge is 0.352 e. The molecule has 0 saturated carbocycles. The van der Waals surface area contributed by atoms with Gasteiger partial charge < -0.3 is 10.2 Å². The van der Waals surface area contributed by atoms with Crippen molar-refractivity contribution in [2.24, 2.45) is 5.92 Å². The van der Waals surface area contributed by atoms with E-state index in [0.29, 0.717) is 10.6 Å². The van der Waals surface area contributed by atoms with Crippen LogP contribution >= 0.6 is 11.3 Å². The lowest BCUT2D eigenvalue weighted by atomic mass is 9.64. The number of allylic oxidation sites excluding steroid dienone is 1. The summed E-state index contributed by atoms with van der Waals surface area (Å²) in [6.07, 6.45) is 3.65. The average Bonchev–Trinajstić information content (AvgIpc) is 3.66. The molecule has 4 aromatic rings. The van der Waals surface area contributed by atoms with E-state index in [1.54, 1.807) is 30.5 Å². The normalized spacial score (nSPS) is 24.6. The number of rotatable bonds is 4. The molecule has 3 aliphatic rings. The number of hydrogen-bond donors (Lipinski definition) is 1. The van der Waals surface area contributed by atoms with Crippen LogP contribution in [0.2, 0.25) is 0 Å². The molecule has 2 aromatic carbocycles. The summed E-state index contributed by atoms with van der Waals surface area (Å²) in [7, 11) is 0. The Bertz CT molecular complexity index is 1690. The standard InChI is InChI=1S/C32H25N3O3S/c1-18-12-13-24-20(16-18)19(2)17-26-32(21-8-3-4-9-22(21)34-31(32)38)27(29(36)23-10-5-6-14-33-23)28(35(24)26)30(37)25-11-7-15-39-25/h3-17,26-28H,1-2H3,(H,34,38)/t26-,27+,28+,32-/m1/s1. The zero-order valence-corrected chi connectivity index (χ0v) is 22.2. The van der Waals surface area contributed by atoms with Crippen molar-refractivity contribution in [2.45, 2.75) is 31.3 Å². The van der Waals surface area contributed by atoms with Gasteiger partial charge in [0.1, 0.15) is 17.2 Å². The summed E-state index contributed by atoms with van der Waals surface area (Å²) in [5.41, 5.74) is 4.29. The number of carbonyl (C=O) groups is 3. The van der Waals surface area contributed by atoms with Crippen LogP contribution in [-0.4, -0.2) is 34.5 Å². The van der Waals surface area contributed by atoms with Crippen molar-refractivity contribution < 1.29 is 14.4 Å². The van der Waals surface area contributed by atoms with Crippen LogP contribution < -0.4 is 10.2 Å². The molecular formula is C32H25N3O3S. The fourth-order valence-corrected chi connectivity index (χ4v) is 7.48.